The predicted octanol–water partition coefficient (Wildman–Crippen LogP) is 1.76. The van der Waals surface area contributed by atoms with E-state index in [0.717, 1.165) is 32.1 Å². The van der Waals surface area contributed by atoms with Crippen LogP contribution in [-0.2, 0) is 9.59 Å². The minimum Gasteiger partial charge on any atom is -0.480 e. The Labute approximate surface area is 126 Å². The first-order valence-corrected chi connectivity index (χ1v) is 8.44. The lowest BCUT2D eigenvalue weighted by Crippen LogP contribution is -2.50. The normalized spacial score (nSPS) is 33.1. The van der Waals surface area contributed by atoms with E-state index in [9.17, 15) is 14.7 Å². The Kier molecular flexibility index (Phi) is 4.48. The summed E-state index contributed by atoms with van der Waals surface area (Å²) in [5.74, 6) is -0.447. The zero-order chi connectivity index (χ0) is 14.8. The molecule has 3 rings (SSSR count). The van der Waals surface area contributed by atoms with Gasteiger partial charge >= 0.3 is 5.97 Å². The van der Waals surface area contributed by atoms with Crippen LogP contribution >= 0.6 is 0 Å². The number of amides is 1. The largest absolute Gasteiger partial charge is 0.480 e. The maximum absolute atomic E-state index is 12.6. The number of carboxylic acid groups (broad SMARTS) is 1. The molecule has 3 fully saturated rings. The summed E-state index contributed by atoms with van der Waals surface area (Å²) >= 11 is 0. The van der Waals surface area contributed by atoms with E-state index >= 15 is 0 Å². The molecular weight excluding hydrogens is 268 g/mol. The van der Waals surface area contributed by atoms with Crippen LogP contribution in [0.2, 0.25) is 0 Å². The van der Waals surface area contributed by atoms with Crippen LogP contribution in [0.25, 0.3) is 0 Å². The van der Waals surface area contributed by atoms with E-state index in [1.807, 2.05) is 0 Å². The Balaban J connectivity index is 1.64. The lowest BCUT2D eigenvalue weighted by atomic mass is 9.85. The Bertz CT molecular complexity index is 406. The molecule has 5 heteroatoms. The van der Waals surface area contributed by atoms with Gasteiger partial charge in [-0.1, -0.05) is 25.7 Å². The van der Waals surface area contributed by atoms with Crippen molar-refractivity contribution in [2.24, 2.45) is 5.92 Å². The molecule has 2 aliphatic carbocycles. The van der Waals surface area contributed by atoms with Gasteiger partial charge in [-0.3, -0.25) is 4.79 Å². The lowest BCUT2D eigenvalue weighted by Gasteiger charge is -2.33. The van der Waals surface area contributed by atoms with Crippen LogP contribution in [0.5, 0.6) is 0 Å². The second-order valence-corrected chi connectivity index (χ2v) is 6.86. The number of aliphatic carboxylic acids is 1. The van der Waals surface area contributed by atoms with Crippen molar-refractivity contribution >= 4 is 11.9 Å². The molecule has 3 unspecified atom stereocenters. The minimum atomic E-state index is -0.835. The molecule has 1 aliphatic heterocycles. The van der Waals surface area contributed by atoms with Gasteiger partial charge in [0, 0.05) is 12.1 Å². The van der Waals surface area contributed by atoms with E-state index in [1.54, 1.807) is 4.90 Å². The summed E-state index contributed by atoms with van der Waals surface area (Å²) in [7, 11) is 0. The minimum absolute atomic E-state index is 0.0105. The molecule has 0 radical (unpaired) electrons. The highest BCUT2D eigenvalue weighted by atomic mass is 16.4. The topological polar surface area (TPSA) is 69.6 Å². The quantitative estimate of drug-likeness (QED) is 0.829. The van der Waals surface area contributed by atoms with Crippen molar-refractivity contribution in [2.75, 3.05) is 6.54 Å². The van der Waals surface area contributed by atoms with E-state index in [2.05, 4.69) is 5.32 Å². The predicted molar refractivity (Wildman–Crippen MR) is 78.9 cm³/mol. The van der Waals surface area contributed by atoms with Gasteiger partial charge in [-0.05, 0) is 38.0 Å². The van der Waals surface area contributed by atoms with E-state index < -0.39 is 12.0 Å². The summed E-state index contributed by atoms with van der Waals surface area (Å²) in [6, 6.07) is 0.00990. The first kappa shape index (κ1) is 14.8. The molecule has 1 heterocycles. The first-order chi connectivity index (χ1) is 10.2. The maximum Gasteiger partial charge on any atom is 0.326 e. The van der Waals surface area contributed by atoms with Gasteiger partial charge in [0.25, 0.3) is 0 Å². The highest BCUT2D eigenvalue weighted by Crippen LogP contribution is 2.39. The molecule has 1 amide bonds. The SMILES string of the molecule is O=C(O)C1CC2CCCCC2N1C(=O)CNC1CCCC1. The summed E-state index contributed by atoms with van der Waals surface area (Å²) in [6.45, 7) is 0.303. The third-order valence-corrected chi connectivity index (χ3v) is 5.56. The molecule has 21 heavy (non-hydrogen) atoms. The first-order valence-electron chi connectivity index (χ1n) is 8.44. The second-order valence-electron chi connectivity index (χ2n) is 6.86. The van der Waals surface area contributed by atoms with Gasteiger partial charge < -0.3 is 15.3 Å². The number of likely N-dealkylation sites (tertiary alicyclic amines) is 1. The number of carbonyl (C=O) groups excluding carboxylic acids is 1. The molecular formula is C16H26N2O3. The smallest absolute Gasteiger partial charge is 0.326 e. The zero-order valence-corrected chi connectivity index (χ0v) is 12.6. The fraction of sp³-hybridized carbons (Fsp3) is 0.875. The molecule has 1 saturated heterocycles. The standard InChI is InChI=1S/C16H26N2O3/c19-15(10-17-12-6-2-3-7-12)18-13-8-4-1-5-11(13)9-14(18)16(20)21/h11-14,17H,1-10H2,(H,20,21). The third-order valence-electron chi connectivity index (χ3n) is 5.56. The molecule has 0 bridgehead atoms. The number of hydrogen-bond donors (Lipinski definition) is 2. The number of carboxylic acids is 1. The van der Waals surface area contributed by atoms with Crippen molar-refractivity contribution in [1.29, 1.82) is 0 Å². The molecule has 2 N–H and O–H groups in total. The molecule has 0 aromatic carbocycles. The van der Waals surface area contributed by atoms with E-state index in [4.69, 9.17) is 0 Å². The van der Waals surface area contributed by atoms with Crippen molar-refractivity contribution in [3.63, 3.8) is 0 Å². The van der Waals surface area contributed by atoms with Crippen molar-refractivity contribution in [3.8, 4) is 0 Å². The number of nitrogens with one attached hydrogen (secondary N) is 1. The van der Waals surface area contributed by atoms with Crippen molar-refractivity contribution in [2.45, 2.75) is 75.9 Å². The van der Waals surface area contributed by atoms with Crippen LogP contribution in [0.1, 0.15) is 57.8 Å². The van der Waals surface area contributed by atoms with Gasteiger partial charge in [0.2, 0.25) is 5.91 Å². The van der Waals surface area contributed by atoms with E-state index in [1.165, 1.54) is 19.3 Å². The molecule has 3 aliphatic rings. The van der Waals surface area contributed by atoms with Crippen LogP contribution in [0.4, 0.5) is 0 Å². The Morgan fingerprint density at radius 2 is 1.71 bits per heavy atom. The molecule has 0 aromatic rings. The van der Waals surface area contributed by atoms with Crippen LogP contribution in [0.15, 0.2) is 0 Å². The summed E-state index contributed by atoms with van der Waals surface area (Å²) in [5.41, 5.74) is 0. The average Bonchev–Trinajstić information content (AvgIpc) is 3.11. The fourth-order valence-electron chi connectivity index (χ4n) is 4.49. The van der Waals surface area contributed by atoms with Crippen LogP contribution in [0, 0.1) is 5.92 Å². The van der Waals surface area contributed by atoms with Gasteiger partial charge in [0.1, 0.15) is 6.04 Å². The van der Waals surface area contributed by atoms with Crippen molar-refractivity contribution < 1.29 is 14.7 Å². The lowest BCUT2D eigenvalue weighted by molar-refractivity contribution is -0.149. The van der Waals surface area contributed by atoms with Crippen molar-refractivity contribution in [1.82, 2.24) is 10.2 Å². The molecule has 0 spiro atoms. The van der Waals surface area contributed by atoms with Gasteiger partial charge in [-0.2, -0.15) is 0 Å². The molecule has 3 atom stereocenters. The van der Waals surface area contributed by atoms with E-state index in [-0.39, 0.29) is 11.9 Å². The maximum atomic E-state index is 12.6. The van der Waals surface area contributed by atoms with Gasteiger partial charge in [0.05, 0.1) is 6.54 Å². The van der Waals surface area contributed by atoms with Crippen LogP contribution in [-0.4, -0.2) is 46.6 Å². The van der Waals surface area contributed by atoms with Crippen LogP contribution in [0.3, 0.4) is 0 Å². The number of nitrogens with zero attached hydrogens (tertiary/aromatic N) is 1. The average molecular weight is 294 g/mol. The zero-order valence-electron chi connectivity index (χ0n) is 12.6. The molecule has 118 valence electrons. The molecule has 0 aromatic heterocycles. The van der Waals surface area contributed by atoms with Crippen LogP contribution < -0.4 is 5.32 Å². The highest BCUT2D eigenvalue weighted by Gasteiger charge is 2.47. The summed E-state index contributed by atoms with van der Waals surface area (Å²) in [5, 5.41) is 12.8. The van der Waals surface area contributed by atoms with Gasteiger partial charge in [-0.15, -0.1) is 0 Å². The second kappa shape index (κ2) is 6.34. The van der Waals surface area contributed by atoms with Gasteiger partial charge in [0.15, 0.2) is 0 Å². The number of fused-ring (bicyclic) bond motifs is 1. The monoisotopic (exact) mass is 294 g/mol. The Morgan fingerprint density at radius 3 is 2.43 bits per heavy atom. The summed E-state index contributed by atoms with van der Waals surface area (Å²) < 4.78 is 0. The number of carbonyl (C=O) groups is 2. The van der Waals surface area contributed by atoms with E-state index in [0.29, 0.717) is 24.9 Å². The van der Waals surface area contributed by atoms with Crippen molar-refractivity contribution in [3.05, 3.63) is 0 Å². The van der Waals surface area contributed by atoms with Gasteiger partial charge in [-0.25, -0.2) is 4.79 Å². The summed E-state index contributed by atoms with van der Waals surface area (Å²) in [6.07, 6.45) is 9.75. The fourth-order valence-corrected chi connectivity index (χ4v) is 4.49. The summed E-state index contributed by atoms with van der Waals surface area (Å²) in [4.78, 5) is 25.8. The Hall–Kier alpha value is -1.10. The highest BCUT2D eigenvalue weighted by molar-refractivity contribution is 5.86. The molecule has 2 saturated carbocycles. The Morgan fingerprint density at radius 1 is 1.05 bits per heavy atom. The number of hydrogen-bond acceptors (Lipinski definition) is 3. The third kappa shape index (κ3) is 3.07. The number of rotatable bonds is 4. The molecule has 5 nitrogen and oxygen atoms in total.